The van der Waals surface area contributed by atoms with E-state index >= 15 is 0 Å². The molecule has 178 valence electrons. The third-order valence-electron chi connectivity index (χ3n) is 6.04. The van der Waals surface area contributed by atoms with Crippen LogP contribution >= 0.6 is 0 Å². The smallest absolute Gasteiger partial charge is 0.260 e. The molecule has 1 N–H and O–H groups in total. The number of aromatic nitrogens is 6. The molecule has 0 bridgehead atoms. The van der Waals surface area contributed by atoms with Crippen LogP contribution in [0.1, 0.15) is 41.4 Å². The Bertz CT molecular complexity index is 1350. The number of carbonyl (C=O) groups excluding carboxylic acids is 1. The number of amides is 1. The lowest BCUT2D eigenvalue weighted by Crippen LogP contribution is -2.31. The summed E-state index contributed by atoms with van der Waals surface area (Å²) in [5.74, 6) is 1.31. The quantitative estimate of drug-likeness (QED) is 0.456. The minimum atomic E-state index is -0.292. The largest absolute Gasteiger partial charge is 0.496 e. The van der Waals surface area contributed by atoms with E-state index in [0.29, 0.717) is 35.2 Å². The lowest BCUT2D eigenvalue weighted by Gasteiger charge is -2.30. The molecular weight excluding hydrogens is 444 g/mol. The van der Waals surface area contributed by atoms with Crippen LogP contribution in [0.3, 0.4) is 0 Å². The number of nitrogens with zero attached hydrogens (tertiary/aromatic N) is 7. The van der Waals surface area contributed by atoms with E-state index in [9.17, 15) is 4.79 Å². The van der Waals surface area contributed by atoms with E-state index in [2.05, 4.69) is 35.4 Å². The van der Waals surface area contributed by atoms with Gasteiger partial charge in [0.2, 0.25) is 0 Å². The van der Waals surface area contributed by atoms with Crippen molar-refractivity contribution in [1.29, 1.82) is 0 Å². The van der Waals surface area contributed by atoms with Gasteiger partial charge in [-0.15, -0.1) is 10.2 Å². The number of ether oxygens (including phenoxy) is 1. The van der Waals surface area contributed by atoms with Crippen molar-refractivity contribution >= 4 is 17.4 Å². The molecule has 0 radical (unpaired) electrons. The van der Waals surface area contributed by atoms with Gasteiger partial charge < -0.3 is 19.5 Å². The summed E-state index contributed by atoms with van der Waals surface area (Å²) < 4.78 is 7.50. The molecule has 10 heteroatoms. The third kappa shape index (κ3) is 4.54. The monoisotopic (exact) mass is 470 g/mol. The summed E-state index contributed by atoms with van der Waals surface area (Å²) >= 11 is 0. The number of benzene rings is 1. The molecule has 0 spiro atoms. The Morgan fingerprint density at radius 2 is 1.97 bits per heavy atom. The molecule has 0 unspecified atom stereocenters. The Labute approximate surface area is 203 Å². The summed E-state index contributed by atoms with van der Waals surface area (Å²) in [6.45, 7) is 5.60. The van der Waals surface area contributed by atoms with Crippen molar-refractivity contribution in [3.8, 4) is 17.3 Å². The average molecular weight is 471 g/mol. The Morgan fingerprint density at radius 3 is 2.74 bits per heavy atom. The van der Waals surface area contributed by atoms with Crippen LogP contribution in [0.5, 0.6) is 5.75 Å². The normalized spacial score (nSPS) is 13.0. The molecule has 35 heavy (non-hydrogen) atoms. The van der Waals surface area contributed by atoms with Gasteiger partial charge in [0.25, 0.3) is 5.91 Å². The molecule has 4 heterocycles. The summed E-state index contributed by atoms with van der Waals surface area (Å²) in [7, 11) is 1.58. The van der Waals surface area contributed by atoms with Gasteiger partial charge in [0.15, 0.2) is 5.82 Å². The maximum Gasteiger partial charge on any atom is 0.260 e. The van der Waals surface area contributed by atoms with Crippen LogP contribution in [0.25, 0.3) is 11.5 Å². The second-order valence-corrected chi connectivity index (χ2v) is 8.61. The highest BCUT2D eigenvalue weighted by molar-refractivity contribution is 6.06. The zero-order chi connectivity index (χ0) is 24.4. The van der Waals surface area contributed by atoms with E-state index in [1.165, 1.54) is 11.9 Å². The maximum atomic E-state index is 13.3. The SMILES string of the molecule is COc1cc2c(cc1C(=O)Nc1cccc(-c3nncn3C(C)C)n1)CN(c1cncnc1)CC2. The first-order valence-corrected chi connectivity index (χ1v) is 11.4. The number of fused-ring (bicyclic) bond motifs is 1. The highest BCUT2D eigenvalue weighted by Crippen LogP contribution is 2.30. The minimum absolute atomic E-state index is 0.182. The first kappa shape index (κ1) is 22.5. The predicted molar refractivity (Wildman–Crippen MR) is 131 cm³/mol. The summed E-state index contributed by atoms with van der Waals surface area (Å²) in [4.78, 5) is 28.4. The van der Waals surface area contributed by atoms with Crippen molar-refractivity contribution in [3.05, 3.63) is 72.1 Å². The molecule has 1 aromatic carbocycles. The highest BCUT2D eigenvalue weighted by atomic mass is 16.5. The molecule has 0 atom stereocenters. The van der Waals surface area contributed by atoms with Crippen LogP contribution in [0.4, 0.5) is 11.5 Å². The molecule has 5 rings (SSSR count). The van der Waals surface area contributed by atoms with Gasteiger partial charge in [0.05, 0.1) is 30.8 Å². The summed E-state index contributed by atoms with van der Waals surface area (Å²) in [5.41, 5.74) is 4.27. The molecule has 0 aliphatic carbocycles. The predicted octanol–water partition coefficient (Wildman–Crippen LogP) is 3.53. The molecule has 0 saturated carbocycles. The van der Waals surface area contributed by atoms with Gasteiger partial charge in [0, 0.05) is 19.1 Å². The van der Waals surface area contributed by atoms with Gasteiger partial charge in [-0.3, -0.25) is 4.79 Å². The zero-order valence-corrected chi connectivity index (χ0v) is 19.8. The van der Waals surface area contributed by atoms with Crippen molar-refractivity contribution in [2.45, 2.75) is 32.9 Å². The summed E-state index contributed by atoms with van der Waals surface area (Å²) in [5, 5.41) is 11.1. The molecular formula is C25H26N8O2. The Kier molecular flexibility index (Phi) is 6.09. The summed E-state index contributed by atoms with van der Waals surface area (Å²) in [6.07, 6.45) is 7.63. The Morgan fingerprint density at radius 1 is 1.14 bits per heavy atom. The van der Waals surface area contributed by atoms with Crippen LogP contribution in [-0.2, 0) is 13.0 Å². The van der Waals surface area contributed by atoms with Gasteiger partial charge >= 0.3 is 0 Å². The van der Waals surface area contributed by atoms with Crippen LogP contribution in [0, 0.1) is 0 Å². The van der Waals surface area contributed by atoms with Gasteiger partial charge in [-0.25, -0.2) is 15.0 Å². The number of hydrogen-bond donors (Lipinski definition) is 1. The number of rotatable bonds is 6. The first-order valence-electron chi connectivity index (χ1n) is 11.4. The molecule has 10 nitrogen and oxygen atoms in total. The van der Waals surface area contributed by atoms with Gasteiger partial charge in [-0.05, 0) is 55.7 Å². The van der Waals surface area contributed by atoms with Crippen LogP contribution in [0.15, 0.2) is 55.4 Å². The maximum absolute atomic E-state index is 13.3. The second kappa shape index (κ2) is 9.49. The number of anilines is 2. The van der Waals surface area contributed by atoms with E-state index in [1.807, 2.05) is 42.7 Å². The van der Waals surface area contributed by atoms with E-state index in [1.54, 1.807) is 31.9 Å². The second-order valence-electron chi connectivity index (χ2n) is 8.61. The molecule has 0 saturated heterocycles. The number of pyridine rings is 1. The van der Waals surface area contributed by atoms with Crippen LogP contribution in [-0.4, -0.2) is 49.3 Å². The lowest BCUT2D eigenvalue weighted by molar-refractivity contribution is 0.102. The number of nitrogens with one attached hydrogen (secondary N) is 1. The standard InChI is InChI=1S/C25H26N8O2/c1-16(2)33-15-28-31-24(33)21-5-4-6-23(29-21)30-25(34)20-9-18-13-32(19-11-26-14-27-12-19)8-7-17(18)10-22(20)35-3/h4-6,9-12,14-16H,7-8,13H2,1-3H3,(H,29,30,34). The van der Waals surface area contributed by atoms with Crippen molar-refractivity contribution in [3.63, 3.8) is 0 Å². The Balaban J connectivity index is 1.41. The van der Waals surface area contributed by atoms with Gasteiger partial charge in [-0.1, -0.05) is 6.07 Å². The minimum Gasteiger partial charge on any atom is -0.496 e. The van der Waals surface area contributed by atoms with E-state index in [0.717, 1.165) is 24.2 Å². The number of methoxy groups -OCH3 is 1. The molecule has 1 aliphatic rings. The average Bonchev–Trinajstić information content (AvgIpc) is 3.39. The van der Waals surface area contributed by atoms with Gasteiger partial charge in [-0.2, -0.15) is 0 Å². The fourth-order valence-corrected chi connectivity index (χ4v) is 4.22. The van der Waals surface area contributed by atoms with Crippen LogP contribution < -0.4 is 15.0 Å². The molecule has 0 fully saturated rings. The number of hydrogen-bond acceptors (Lipinski definition) is 8. The van der Waals surface area contributed by atoms with Crippen molar-refractivity contribution < 1.29 is 9.53 Å². The molecule has 3 aromatic heterocycles. The van der Waals surface area contributed by atoms with Crippen molar-refractivity contribution in [1.82, 2.24) is 29.7 Å². The Hall–Kier alpha value is -4.34. The first-order chi connectivity index (χ1) is 17.0. The van der Waals surface area contributed by atoms with Crippen molar-refractivity contribution in [2.24, 2.45) is 0 Å². The van der Waals surface area contributed by atoms with E-state index in [-0.39, 0.29) is 11.9 Å². The highest BCUT2D eigenvalue weighted by Gasteiger charge is 2.23. The molecule has 4 aromatic rings. The zero-order valence-electron chi connectivity index (χ0n) is 19.8. The third-order valence-corrected chi connectivity index (χ3v) is 6.04. The lowest BCUT2D eigenvalue weighted by atomic mass is 9.96. The molecule has 1 aliphatic heterocycles. The van der Waals surface area contributed by atoms with Crippen molar-refractivity contribution in [2.75, 3.05) is 23.9 Å². The number of carbonyl (C=O) groups is 1. The summed E-state index contributed by atoms with van der Waals surface area (Å²) in [6, 6.07) is 9.47. The fourth-order valence-electron chi connectivity index (χ4n) is 4.22. The van der Waals surface area contributed by atoms with E-state index < -0.39 is 0 Å². The van der Waals surface area contributed by atoms with Crippen LogP contribution in [0.2, 0.25) is 0 Å². The van der Waals surface area contributed by atoms with Gasteiger partial charge in [0.1, 0.15) is 29.9 Å². The fraction of sp³-hybridized carbons (Fsp3) is 0.280. The van der Waals surface area contributed by atoms with E-state index in [4.69, 9.17) is 4.74 Å². The topological polar surface area (TPSA) is 111 Å². The molecule has 1 amide bonds.